The van der Waals surface area contributed by atoms with Crippen molar-refractivity contribution in [1.82, 2.24) is 0 Å². The van der Waals surface area contributed by atoms with Crippen LogP contribution in [0, 0.1) is 17.8 Å². The highest BCUT2D eigenvalue weighted by atomic mass is 79.9. The minimum Gasteiger partial charge on any atom is -0.497 e. The first-order chi connectivity index (χ1) is 9.97. The summed E-state index contributed by atoms with van der Waals surface area (Å²) in [5.74, 6) is -0.441. The van der Waals surface area contributed by atoms with Gasteiger partial charge in [0.2, 0.25) is 0 Å². The van der Waals surface area contributed by atoms with Crippen molar-refractivity contribution in [3.8, 4) is 5.75 Å². The SMILES string of the molecule is CCC1CC(C(=O)O)C(C(O)c2ccc(OC)cc2Br)C1. The molecule has 1 aliphatic rings. The van der Waals surface area contributed by atoms with Crippen molar-refractivity contribution in [1.29, 1.82) is 0 Å². The van der Waals surface area contributed by atoms with E-state index in [9.17, 15) is 15.0 Å². The fraction of sp³-hybridized carbons (Fsp3) is 0.562. The Morgan fingerprint density at radius 3 is 2.71 bits per heavy atom. The van der Waals surface area contributed by atoms with Crippen LogP contribution in [0.1, 0.15) is 37.9 Å². The highest BCUT2D eigenvalue weighted by molar-refractivity contribution is 9.10. The van der Waals surface area contributed by atoms with E-state index in [0.29, 0.717) is 18.1 Å². The molecule has 0 heterocycles. The lowest BCUT2D eigenvalue weighted by molar-refractivity contribution is -0.144. The maximum absolute atomic E-state index is 11.5. The molecule has 4 unspecified atom stereocenters. The number of aliphatic hydroxyl groups is 1. The normalized spacial score (nSPS) is 26.6. The number of rotatable bonds is 5. The summed E-state index contributed by atoms with van der Waals surface area (Å²) in [6, 6.07) is 5.37. The van der Waals surface area contributed by atoms with Gasteiger partial charge in [-0.3, -0.25) is 4.79 Å². The van der Waals surface area contributed by atoms with Gasteiger partial charge >= 0.3 is 5.97 Å². The number of halogens is 1. The van der Waals surface area contributed by atoms with Gasteiger partial charge < -0.3 is 14.9 Å². The summed E-state index contributed by atoms with van der Waals surface area (Å²) in [5.41, 5.74) is 0.726. The molecule has 0 aliphatic heterocycles. The number of aliphatic carboxylic acids is 1. The van der Waals surface area contributed by atoms with E-state index >= 15 is 0 Å². The number of aliphatic hydroxyl groups excluding tert-OH is 1. The van der Waals surface area contributed by atoms with Crippen molar-refractivity contribution in [3.63, 3.8) is 0 Å². The predicted molar refractivity (Wildman–Crippen MR) is 83.3 cm³/mol. The van der Waals surface area contributed by atoms with Crippen LogP contribution in [0.4, 0.5) is 0 Å². The zero-order chi connectivity index (χ0) is 15.6. The Balaban J connectivity index is 2.25. The molecular weight excluding hydrogens is 336 g/mol. The average Bonchev–Trinajstić information content (AvgIpc) is 2.91. The molecule has 1 saturated carbocycles. The van der Waals surface area contributed by atoms with Crippen LogP contribution in [0.5, 0.6) is 5.75 Å². The van der Waals surface area contributed by atoms with E-state index in [1.807, 2.05) is 0 Å². The number of methoxy groups -OCH3 is 1. The molecule has 1 aromatic rings. The lowest BCUT2D eigenvalue weighted by atomic mass is 9.87. The molecular formula is C16H21BrO4. The minimum atomic E-state index is -0.806. The molecule has 116 valence electrons. The first-order valence-corrected chi connectivity index (χ1v) is 8.01. The second kappa shape index (κ2) is 6.79. The molecule has 0 amide bonds. The van der Waals surface area contributed by atoms with Crippen molar-refractivity contribution >= 4 is 21.9 Å². The van der Waals surface area contributed by atoms with Crippen LogP contribution in [0.15, 0.2) is 22.7 Å². The summed E-state index contributed by atoms with van der Waals surface area (Å²) in [6.45, 7) is 2.07. The van der Waals surface area contributed by atoms with Crippen molar-refractivity contribution in [3.05, 3.63) is 28.2 Å². The summed E-state index contributed by atoms with van der Waals surface area (Å²) in [7, 11) is 1.58. The van der Waals surface area contributed by atoms with Crippen LogP contribution < -0.4 is 4.74 Å². The van der Waals surface area contributed by atoms with Crippen LogP contribution in [0.25, 0.3) is 0 Å². The Kier molecular flexibility index (Phi) is 5.27. The summed E-state index contributed by atoms with van der Waals surface area (Å²) < 4.78 is 5.89. The monoisotopic (exact) mass is 356 g/mol. The molecule has 0 spiro atoms. The van der Waals surface area contributed by atoms with E-state index in [2.05, 4.69) is 22.9 Å². The zero-order valence-electron chi connectivity index (χ0n) is 12.3. The van der Waals surface area contributed by atoms with E-state index in [4.69, 9.17) is 4.74 Å². The topological polar surface area (TPSA) is 66.8 Å². The van der Waals surface area contributed by atoms with E-state index in [1.54, 1.807) is 25.3 Å². The lowest BCUT2D eigenvalue weighted by Crippen LogP contribution is -2.24. The van der Waals surface area contributed by atoms with Crippen molar-refractivity contribution in [2.75, 3.05) is 7.11 Å². The summed E-state index contributed by atoms with van der Waals surface area (Å²) in [4.78, 5) is 11.5. The van der Waals surface area contributed by atoms with Crippen LogP contribution in [-0.4, -0.2) is 23.3 Å². The van der Waals surface area contributed by atoms with Crippen LogP contribution >= 0.6 is 15.9 Å². The Hall–Kier alpha value is -1.07. The number of hydrogen-bond donors (Lipinski definition) is 2. The Morgan fingerprint density at radius 1 is 1.48 bits per heavy atom. The molecule has 4 atom stereocenters. The van der Waals surface area contributed by atoms with Crippen molar-refractivity contribution < 1.29 is 19.7 Å². The van der Waals surface area contributed by atoms with Gasteiger partial charge in [-0.2, -0.15) is 0 Å². The number of carboxylic acids is 1. The van der Waals surface area contributed by atoms with E-state index in [-0.39, 0.29) is 5.92 Å². The molecule has 5 heteroatoms. The van der Waals surface area contributed by atoms with Gasteiger partial charge in [-0.25, -0.2) is 0 Å². The number of carbonyl (C=O) groups is 1. The Labute approximate surface area is 133 Å². The third kappa shape index (κ3) is 3.40. The highest BCUT2D eigenvalue weighted by Gasteiger charge is 2.42. The molecule has 0 bridgehead atoms. The largest absolute Gasteiger partial charge is 0.497 e. The summed E-state index contributed by atoms with van der Waals surface area (Å²) in [6.07, 6.45) is 1.59. The van der Waals surface area contributed by atoms with E-state index < -0.39 is 18.0 Å². The second-order valence-electron chi connectivity index (χ2n) is 5.69. The number of ether oxygens (including phenoxy) is 1. The van der Waals surface area contributed by atoms with Gasteiger partial charge in [-0.05, 0) is 36.5 Å². The Bertz CT molecular complexity index is 517. The fourth-order valence-corrected chi connectivity index (χ4v) is 3.84. The molecule has 21 heavy (non-hydrogen) atoms. The first kappa shape index (κ1) is 16.3. The minimum absolute atomic E-state index is 0.239. The van der Waals surface area contributed by atoms with Gasteiger partial charge in [0, 0.05) is 10.4 Å². The molecule has 1 aliphatic carbocycles. The van der Waals surface area contributed by atoms with Gasteiger partial charge in [0.1, 0.15) is 5.75 Å². The quantitative estimate of drug-likeness (QED) is 0.845. The molecule has 1 fully saturated rings. The molecule has 2 rings (SSSR count). The molecule has 0 aromatic heterocycles. The third-order valence-electron chi connectivity index (χ3n) is 4.54. The van der Waals surface area contributed by atoms with Crippen LogP contribution in [0.3, 0.4) is 0 Å². The zero-order valence-corrected chi connectivity index (χ0v) is 13.8. The van der Waals surface area contributed by atoms with E-state index in [1.165, 1.54) is 0 Å². The molecule has 2 N–H and O–H groups in total. The highest BCUT2D eigenvalue weighted by Crippen LogP contribution is 2.46. The Morgan fingerprint density at radius 2 is 2.19 bits per heavy atom. The third-order valence-corrected chi connectivity index (χ3v) is 5.22. The lowest BCUT2D eigenvalue weighted by Gasteiger charge is -2.23. The molecule has 4 nitrogen and oxygen atoms in total. The summed E-state index contributed by atoms with van der Waals surface area (Å²) >= 11 is 3.44. The molecule has 1 aromatic carbocycles. The average molecular weight is 357 g/mol. The fourth-order valence-electron chi connectivity index (χ4n) is 3.25. The van der Waals surface area contributed by atoms with Gasteiger partial charge in [0.15, 0.2) is 0 Å². The smallest absolute Gasteiger partial charge is 0.306 e. The number of carboxylic acid groups (broad SMARTS) is 1. The van der Waals surface area contributed by atoms with Crippen LogP contribution in [-0.2, 0) is 4.79 Å². The maximum atomic E-state index is 11.5. The maximum Gasteiger partial charge on any atom is 0.306 e. The van der Waals surface area contributed by atoms with Gasteiger partial charge in [-0.1, -0.05) is 35.3 Å². The van der Waals surface area contributed by atoms with Crippen LogP contribution in [0.2, 0.25) is 0 Å². The molecule has 0 saturated heterocycles. The molecule has 0 radical (unpaired) electrons. The van der Waals surface area contributed by atoms with Gasteiger partial charge in [0.05, 0.1) is 19.1 Å². The standard InChI is InChI=1S/C16H21BrO4/c1-3-9-6-12(13(7-9)16(19)20)15(18)11-5-4-10(21-2)8-14(11)17/h4-5,8-9,12-13,15,18H,3,6-7H2,1-2H3,(H,19,20). The summed E-state index contributed by atoms with van der Waals surface area (Å²) in [5, 5.41) is 20.1. The van der Waals surface area contributed by atoms with Gasteiger partial charge in [0.25, 0.3) is 0 Å². The first-order valence-electron chi connectivity index (χ1n) is 7.22. The number of benzene rings is 1. The second-order valence-corrected chi connectivity index (χ2v) is 6.54. The van der Waals surface area contributed by atoms with Crippen molar-refractivity contribution in [2.45, 2.75) is 32.3 Å². The predicted octanol–water partition coefficient (Wildman–Crippen LogP) is 3.63. The van der Waals surface area contributed by atoms with Gasteiger partial charge in [-0.15, -0.1) is 0 Å². The van der Waals surface area contributed by atoms with E-state index in [0.717, 1.165) is 22.9 Å². The van der Waals surface area contributed by atoms with Crippen molar-refractivity contribution in [2.24, 2.45) is 17.8 Å². The number of hydrogen-bond acceptors (Lipinski definition) is 3.